The van der Waals surface area contributed by atoms with Crippen molar-refractivity contribution < 1.29 is 5.11 Å². The van der Waals surface area contributed by atoms with Crippen LogP contribution >= 0.6 is 0 Å². The van der Waals surface area contributed by atoms with Crippen molar-refractivity contribution in [3.63, 3.8) is 0 Å². The molecular formula is C22H30N6O. The van der Waals surface area contributed by atoms with Gasteiger partial charge in [0.2, 0.25) is 0 Å². The first kappa shape index (κ1) is 19.4. The lowest BCUT2D eigenvalue weighted by atomic mass is 10.2. The molecule has 0 bridgehead atoms. The first-order valence-corrected chi connectivity index (χ1v) is 10.4. The predicted molar refractivity (Wildman–Crippen MR) is 118 cm³/mol. The third-order valence-corrected chi connectivity index (χ3v) is 5.70. The first-order chi connectivity index (χ1) is 14.2. The number of hydrogen-bond donors (Lipinski definition) is 2. The molecule has 4 rings (SSSR count). The number of anilines is 2. The number of aliphatic imine (C=N–C) groups is 1. The summed E-state index contributed by atoms with van der Waals surface area (Å²) in [4.78, 5) is 15.9. The summed E-state index contributed by atoms with van der Waals surface area (Å²) in [6.45, 7) is 6.36. The molecule has 0 radical (unpaired) electrons. The van der Waals surface area contributed by atoms with Crippen LogP contribution in [0.25, 0.3) is 0 Å². The van der Waals surface area contributed by atoms with Crippen LogP contribution in [0.1, 0.15) is 18.4 Å². The van der Waals surface area contributed by atoms with E-state index in [2.05, 4.69) is 42.1 Å². The zero-order valence-electron chi connectivity index (χ0n) is 17.1. The second kappa shape index (κ2) is 9.03. The number of nitrogens with zero attached hydrogens (tertiary/aromatic N) is 5. The second-order valence-electron chi connectivity index (χ2n) is 7.58. The molecule has 2 aliphatic heterocycles. The zero-order chi connectivity index (χ0) is 20.1. The van der Waals surface area contributed by atoms with Crippen LogP contribution in [0.4, 0.5) is 11.5 Å². The number of hydrogen-bond acceptors (Lipinski definition) is 5. The number of phenols is 1. The number of aromatic nitrogens is 1. The number of benzene rings is 1. The molecule has 1 aromatic heterocycles. The van der Waals surface area contributed by atoms with Gasteiger partial charge < -0.3 is 25.1 Å². The number of guanidine groups is 1. The minimum Gasteiger partial charge on any atom is -0.506 e. The predicted octanol–water partition coefficient (Wildman–Crippen LogP) is 2.29. The van der Waals surface area contributed by atoms with Crippen LogP contribution in [-0.2, 0) is 6.54 Å². The van der Waals surface area contributed by atoms with E-state index in [1.54, 1.807) is 6.07 Å². The Bertz CT molecular complexity index is 823. The van der Waals surface area contributed by atoms with E-state index in [4.69, 9.17) is 0 Å². The number of phenolic OH excluding ortho intramolecular Hbond substituents is 1. The maximum Gasteiger partial charge on any atom is 0.194 e. The lowest BCUT2D eigenvalue weighted by Crippen LogP contribution is -2.52. The van der Waals surface area contributed by atoms with Gasteiger partial charge in [-0.2, -0.15) is 0 Å². The molecule has 0 spiro atoms. The summed E-state index contributed by atoms with van der Waals surface area (Å²) in [5.74, 6) is 2.33. The molecule has 0 atom stereocenters. The fourth-order valence-corrected chi connectivity index (χ4v) is 4.06. The van der Waals surface area contributed by atoms with Gasteiger partial charge in [-0.05, 0) is 36.6 Å². The molecule has 1 aromatic carbocycles. The lowest BCUT2D eigenvalue weighted by molar-refractivity contribution is 0.369. The van der Waals surface area contributed by atoms with Crippen LogP contribution in [0.3, 0.4) is 0 Å². The summed E-state index contributed by atoms with van der Waals surface area (Å²) < 4.78 is 0. The monoisotopic (exact) mass is 394 g/mol. The zero-order valence-corrected chi connectivity index (χ0v) is 17.1. The van der Waals surface area contributed by atoms with Gasteiger partial charge in [0.15, 0.2) is 5.96 Å². The van der Waals surface area contributed by atoms with Crippen molar-refractivity contribution in [2.24, 2.45) is 4.99 Å². The molecule has 2 aliphatic rings. The first-order valence-electron chi connectivity index (χ1n) is 10.4. The highest BCUT2D eigenvalue weighted by Crippen LogP contribution is 2.27. The van der Waals surface area contributed by atoms with Gasteiger partial charge in [0.1, 0.15) is 11.6 Å². The lowest BCUT2D eigenvalue weighted by Gasteiger charge is -2.37. The molecule has 7 heteroatoms. The molecule has 0 unspecified atom stereocenters. The van der Waals surface area contributed by atoms with E-state index in [1.807, 2.05) is 31.4 Å². The van der Waals surface area contributed by atoms with Gasteiger partial charge in [0, 0.05) is 59.1 Å². The Balaban J connectivity index is 1.29. The van der Waals surface area contributed by atoms with E-state index >= 15 is 0 Å². The summed E-state index contributed by atoms with van der Waals surface area (Å²) in [7, 11) is 1.83. The summed E-state index contributed by atoms with van der Waals surface area (Å²) in [5.41, 5.74) is 2.06. The van der Waals surface area contributed by atoms with Crippen molar-refractivity contribution in [2.75, 3.05) is 56.1 Å². The smallest absolute Gasteiger partial charge is 0.194 e. The standard InChI is InChI=1S/C22H30N6O/c1-23-22(25-17-18-8-9-21(24-16-18)27-10-4-5-11-27)28-14-12-26(13-15-28)19-6-2-3-7-20(19)29/h2-3,6-9,16,29H,4-5,10-15,17H2,1H3,(H,23,25). The van der Waals surface area contributed by atoms with Crippen molar-refractivity contribution >= 4 is 17.5 Å². The van der Waals surface area contributed by atoms with Gasteiger partial charge in [-0.1, -0.05) is 18.2 Å². The molecule has 2 fully saturated rings. The van der Waals surface area contributed by atoms with Gasteiger partial charge in [0.05, 0.1) is 5.69 Å². The summed E-state index contributed by atoms with van der Waals surface area (Å²) in [6, 6.07) is 11.8. The minimum atomic E-state index is 0.341. The molecule has 0 amide bonds. The number of piperazine rings is 1. The maximum atomic E-state index is 10.1. The molecule has 7 nitrogen and oxygen atoms in total. The molecule has 154 valence electrons. The second-order valence-corrected chi connectivity index (χ2v) is 7.58. The van der Waals surface area contributed by atoms with Crippen LogP contribution in [0, 0.1) is 0 Å². The molecule has 2 aromatic rings. The van der Waals surface area contributed by atoms with E-state index in [0.29, 0.717) is 12.3 Å². The summed E-state index contributed by atoms with van der Waals surface area (Å²) >= 11 is 0. The molecule has 2 N–H and O–H groups in total. The van der Waals surface area contributed by atoms with E-state index in [0.717, 1.165) is 62.3 Å². The van der Waals surface area contributed by atoms with Gasteiger partial charge in [-0.15, -0.1) is 0 Å². The molecule has 0 aliphatic carbocycles. The van der Waals surface area contributed by atoms with Crippen molar-refractivity contribution in [3.05, 3.63) is 48.2 Å². The highest BCUT2D eigenvalue weighted by Gasteiger charge is 2.21. The van der Waals surface area contributed by atoms with Gasteiger partial charge in [0.25, 0.3) is 0 Å². The van der Waals surface area contributed by atoms with Gasteiger partial charge in [-0.25, -0.2) is 4.98 Å². The largest absolute Gasteiger partial charge is 0.506 e. The highest BCUT2D eigenvalue weighted by molar-refractivity contribution is 5.80. The SMILES string of the molecule is CN=C(NCc1ccc(N2CCCC2)nc1)N1CCN(c2ccccc2O)CC1. The Morgan fingerprint density at radius 1 is 1.00 bits per heavy atom. The third-order valence-electron chi connectivity index (χ3n) is 5.70. The van der Waals surface area contributed by atoms with E-state index in [1.165, 1.54) is 12.8 Å². The number of para-hydroxylation sites is 2. The average molecular weight is 395 g/mol. The number of aromatic hydroxyl groups is 1. The molecular weight excluding hydrogens is 364 g/mol. The molecule has 29 heavy (non-hydrogen) atoms. The average Bonchev–Trinajstić information content (AvgIpc) is 3.30. The van der Waals surface area contributed by atoms with Crippen LogP contribution in [0.5, 0.6) is 5.75 Å². The molecule has 2 saturated heterocycles. The normalized spacial score (nSPS) is 17.7. The van der Waals surface area contributed by atoms with Crippen molar-refractivity contribution in [2.45, 2.75) is 19.4 Å². The van der Waals surface area contributed by atoms with Crippen LogP contribution in [0.15, 0.2) is 47.6 Å². The van der Waals surface area contributed by atoms with E-state index in [9.17, 15) is 5.11 Å². The number of rotatable bonds is 4. The molecule has 0 saturated carbocycles. The fraction of sp³-hybridized carbons (Fsp3) is 0.455. The van der Waals surface area contributed by atoms with Gasteiger partial charge >= 0.3 is 0 Å². The third kappa shape index (κ3) is 4.55. The Labute approximate surface area is 172 Å². The fourth-order valence-electron chi connectivity index (χ4n) is 4.06. The van der Waals surface area contributed by atoms with Crippen LogP contribution in [0.2, 0.25) is 0 Å². The van der Waals surface area contributed by atoms with Crippen molar-refractivity contribution in [1.82, 2.24) is 15.2 Å². The minimum absolute atomic E-state index is 0.341. The molecule has 3 heterocycles. The Morgan fingerprint density at radius 3 is 2.41 bits per heavy atom. The Hall–Kier alpha value is -2.96. The topological polar surface area (TPSA) is 67.2 Å². The quantitative estimate of drug-likeness (QED) is 0.613. The highest BCUT2D eigenvalue weighted by atomic mass is 16.3. The summed E-state index contributed by atoms with van der Waals surface area (Å²) in [5, 5.41) is 13.5. The number of pyridine rings is 1. The Kier molecular flexibility index (Phi) is 6.03. The van der Waals surface area contributed by atoms with Crippen molar-refractivity contribution in [3.8, 4) is 5.75 Å². The summed E-state index contributed by atoms with van der Waals surface area (Å²) in [6.07, 6.45) is 4.49. The Morgan fingerprint density at radius 2 is 1.76 bits per heavy atom. The van der Waals surface area contributed by atoms with E-state index < -0.39 is 0 Å². The van der Waals surface area contributed by atoms with Gasteiger partial charge in [-0.3, -0.25) is 4.99 Å². The maximum absolute atomic E-state index is 10.1. The van der Waals surface area contributed by atoms with E-state index in [-0.39, 0.29) is 0 Å². The number of nitrogens with one attached hydrogen (secondary N) is 1. The van der Waals surface area contributed by atoms with Crippen LogP contribution < -0.4 is 15.1 Å². The van der Waals surface area contributed by atoms with Crippen molar-refractivity contribution in [1.29, 1.82) is 0 Å². The van der Waals surface area contributed by atoms with Crippen LogP contribution in [-0.4, -0.2) is 67.3 Å².